The summed E-state index contributed by atoms with van der Waals surface area (Å²) in [5.41, 5.74) is 13.8. The fraction of sp³-hybridized carbons (Fsp3) is 0.171. The van der Waals surface area contributed by atoms with E-state index in [4.69, 9.17) is 4.74 Å². The Hall–Kier alpha value is -5.06. The molecule has 1 aliphatic rings. The summed E-state index contributed by atoms with van der Waals surface area (Å²) in [6.45, 7) is 13.0. The van der Waals surface area contributed by atoms with Gasteiger partial charge in [0.05, 0.1) is 22.2 Å². The molecular weight excluding hydrogens is 550 g/mol. The van der Waals surface area contributed by atoms with Gasteiger partial charge in [-0.3, -0.25) is 0 Å². The van der Waals surface area contributed by atoms with Gasteiger partial charge in [-0.1, -0.05) is 100 Å². The van der Waals surface area contributed by atoms with Crippen molar-refractivity contribution in [3.63, 3.8) is 0 Å². The summed E-state index contributed by atoms with van der Waals surface area (Å²) < 4.78 is 11.0. The molecule has 1 atom stereocenters. The Balaban J connectivity index is 0.000000963. The van der Waals surface area contributed by atoms with E-state index < -0.39 is 0 Å². The second kappa shape index (κ2) is 14.1. The molecule has 1 unspecified atom stereocenters. The predicted octanol–water partition coefficient (Wildman–Crippen LogP) is 10.6. The van der Waals surface area contributed by atoms with Crippen LogP contribution in [0.5, 0.6) is 5.75 Å². The van der Waals surface area contributed by atoms with Crippen LogP contribution in [0.2, 0.25) is 0 Å². The van der Waals surface area contributed by atoms with E-state index in [2.05, 4.69) is 157 Å². The summed E-state index contributed by atoms with van der Waals surface area (Å²) in [4.78, 5) is 0. The van der Waals surface area contributed by atoms with Crippen molar-refractivity contribution in [2.24, 2.45) is 5.73 Å². The maximum atomic E-state index is 6.33. The summed E-state index contributed by atoms with van der Waals surface area (Å²) in [6.07, 6.45) is 12.9. The van der Waals surface area contributed by atoms with Crippen molar-refractivity contribution in [1.82, 2.24) is 9.13 Å². The number of hydrogen-bond acceptors (Lipinski definition) is 2. The van der Waals surface area contributed by atoms with E-state index in [0.29, 0.717) is 6.61 Å². The monoisotopic (exact) mass is 593 g/mol. The van der Waals surface area contributed by atoms with Gasteiger partial charge in [-0.2, -0.15) is 0 Å². The van der Waals surface area contributed by atoms with Crippen LogP contribution >= 0.6 is 0 Å². The van der Waals surface area contributed by atoms with Crippen molar-refractivity contribution in [3.8, 4) is 11.4 Å². The van der Waals surface area contributed by atoms with Gasteiger partial charge in [0.2, 0.25) is 0 Å². The Bertz CT molecular complexity index is 2000. The van der Waals surface area contributed by atoms with Crippen LogP contribution in [-0.4, -0.2) is 22.8 Å². The smallest absolute Gasteiger partial charge is 0.123 e. The van der Waals surface area contributed by atoms with Gasteiger partial charge in [0.1, 0.15) is 12.4 Å². The quantitative estimate of drug-likeness (QED) is 0.221. The van der Waals surface area contributed by atoms with Crippen LogP contribution in [0, 0.1) is 0 Å². The topological polar surface area (TPSA) is 45.1 Å². The molecule has 0 amide bonds. The first-order valence-corrected chi connectivity index (χ1v) is 15.8. The molecule has 0 fully saturated rings. The third kappa shape index (κ3) is 5.65. The van der Waals surface area contributed by atoms with E-state index in [1.807, 2.05) is 19.9 Å². The lowest BCUT2D eigenvalue weighted by Crippen LogP contribution is -2.03. The molecule has 6 aromatic rings. The predicted molar refractivity (Wildman–Crippen MR) is 196 cm³/mol. The molecule has 7 rings (SSSR count). The highest BCUT2D eigenvalue weighted by Gasteiger charge is 2.20. The molecule has 2 aromatic heterocycles. The van der Waals surface area contributed by atoms with Gasteiger partial charge >= 0.3 is 0 Å². The summed E-state index contributed by atoms with van der Waals surface area (Å²) in [7, 11) is 1.50. The minimum Gasteiger partial charge on any atom is -0.489 e. The number of benzene rings is 4. The van der Waals surface area contributed by atoms with Crippen molar-refractivity contribution < 1.29 is 4.74 Å². The Morgan fingerprint density at radius 2 is 1.38 bits per heavy atom. The Kier molecular flexibility index (Phi) is 9.86. The normalized spacial score (nSPS) is 16.2. The summed E-state index contributed by atoms with van der Waals surface area (Å²) >= 11 is 0. The fourth-order valence-electron chi connectivity index (χ4n) is 6.32. The minimum atomic E-state index is 0.0996. The van der Waals surface area contributed by atoms with Crippen LogP contribution < -0.4 is 10.5 Å². The van der Waals surface area contributed by atoms with E-state index in [9.17, 15) is 0 Å². The van der Waals surface area contributed by atoms with Crippen molar-refractivity contribution in [3.05, 3.63) is 139 Å². The Morgan fingerprint density at radius 3 is 1.98 bits per heavy atom. The van der Waals surface area contributed by atoms with E-state index in [0.717, 1.165) is 33.9 Å². The van der Waals surface area contributed by atoms with Gasteiger partial charge in [0.15, 0.2) is 0 Å². The molecule has 4 aromatic carbocycles. The summed E-state index contributed by atoms with van der Waals surface area (Å²) in [5, 5.41) is 3.72. The fourth-order valence-corrected chi connectivity index (χ4v) is 6.32. The lowest BCUT2D eigenvalue weighted by atomic mass is 9.97. The highest BCUT2D eigenvalue weighted by molar-refractivity contribution is 6.09. The second-order valence-corrected chi connectivity index (χ2v) is 10.5. The number of hydrogen-bond donors (Lipinski definition) is 1. The van der Waals surface area contributed by atoms with Gasteiger partial charge in [-0.05, 0) is 68.6 Å². The first kappa shape index (κ1) is 31.4. The number of ether oxygens (including phenoxy) is 1. The summed E-state index contributed by atoms with van der Waals surface area (Å²) in [6, 6.07) is 32.4. The molecule has 1 aliphatic heterocycles. The lowest BCUT2D eigenvalue weighted by Gasteiger charge is -2.18. The zero-order valence-corrected chi connectivity index (χ0v) is 27.0. The second-order valence-electron chi connectivity index (χ2n) is 10.5. The first-order valence-electron chi connectivity index (χ1n) is 15.8. The highest BCUT2D eigenvalue weighted by atomic mass is 16.5. The van der Waals surface area contributed by atoms with Crippen molar-refractivity contribution in [1.29, 1.82) is 0 Å². The third-order valence-corrected chi connectivity index (χ3v) is 8.11. The van der Waals surface area contributed by atoms with Gasteiger partial charge in [-0.25, -0.2) is 0 Å². The molecule has 0 spiro atoms. The van der Waals surface area contributed by atoms with Crippen molar-refractivity contribution >= 4 is 50.6 Å². The number of nitrogens with zero attached hydrogens (tertiary/aromatic N) is 2. The number of allylic oxidation sites excluding steroid dienone is 4. The van der Waals surface area contributed by atoms with Crippen LogP contribution in [0.3, 0.4) is 0 Å². The summed E-state index contributed by atoms with van der Waals surface area (Å²) in [5.74, 6) is 1.02. The van der Waals surface area contributed by atoms with Gasteiger partial charge < -0.3 is 19.6 Å². The molecule has 3 heterocycles. The van der Waals surface area contributed by atoms with Crippen LogP contribution in [0.4, 0.5) is 0 Å². The molecular formula is C41H43N3O. The third-order valence-electron chi connectivity index (χ3n) is 8.11. The SMILES string of the molecule is C=Cc1c(/C=C\C)n(C2=C/C(C)c3cc(-n4c5ccccc5c5ccccc54)ccc3OC/C=C\2)c2ccccc12.CC.CN. The molecule has 0 bridgehead atoms. The van der Waals surface area contributed by atoms with Crippen LogP contribution in [0.1, 0.15) is 50.4 Å². The van der Waals surface area contributed by atoms with Gasteiger partial charge in [0, 0.05) is 44.6 Å². The molecule has 4 heteroatoms. The maximum Gasteiger partial charge on any atom is 0.123 e. The lowest BCUT2D eigenvalue weighted by molar-refractivity contribution is 0.358. The Labute approximate surface area is 267 Å². The van der Waals surface area contributed by atoms with Crippen LogP contribution in [0.15, 0.2) is 122 Å². The molecule has 2 N–H and O–H groups in total. The van der Waals surface area contributed by atoms with Crippen molar-refractivity contribution in [2.45, 2.75) is 33.6 Å². The zero-order chi connectivity index (χ0) is 31.9. The highest BCUT2D eigenvalue weighted by Crippen LogP contribution is 2.38. The van der Waals surface area contributed by atoms with Gasteiger partial charge in [0.25, 0.3) is 0 Å². The number of rotatable bonds is 4. The molecule has 0 aliphatic carbocycles. The number of fused-ring (bicyclic) bond motifs is 5. The molecule has 45 heavy (non-hydrogen) atoms. The number of para-hydroxylation sites is 3. The molecule has 0 radical (unpaired) electrons. The average Bonchev–Trinajstić information content (AvgIpc) is 3.62. The Morgan fingerprint density at radius 1 is 0.800 bits per heavy atom. The van der Waals surface area contributed by atoms with Gasteiger partial charge in [-0.15, -0.1) is 0 Å². The number of nitrogens with two attached hydrogens (primary N) is 1. The molecule has 228 valence electrons. The number of aromatic nitrogens is 2. The van der Waals surface area contributed by atoms with Crippen molar-refractivity contribution in [2.75, 3.05) is 13.7 Å². The average molecular weight is 594 g/mol. The standard InChI is InChI=1S/C38H32N2O.C2H6.CH5N/c1-4-13-34-29(5-2)30-15-6-9-18-35(30)39(34)27-14-12-23-41-38-22-21-28(25-33(38)26(3)24-27)40-36-19-10-7-16-31(36)32-17-8-11-20-37(32)40;2*1-2/h4-22,24-26H,2,23H2,1,3H3;1-2H3;2H2,1H3/b13-4-,14-12-,27-24+;;. The van der Waals surface area contributed by atoms with E-state index in [-0.39, 0.29) is 5.92 Å². The minimum absolute atomic E-state index is 0.0996. The first-order chi connectivity index (χ1) is 22.2. The molecule has 4 nitrogen and oxygen atoms in total. The van der Waals surface area contributed by atoms with E-state index in [1.54, 1.807) is 0 Å². The molecule has 0 saturated carbocycles. The largest absolute Gasteiger partial charge is 0.489 e. The zero-order valence-electron chi connectivity index (χ0n) is 27.0. The van der Waals surface area contributed by atoms with Crippen LogP contribution in [0.25, 0.3) is 56.2 Å². The molecule has 0 saturated heterocycles. The van der Waals surface area contributed by atoms with E-state index in [1.165, 1.54) is 39.8 Å². The van der Waals surface area contributed by atoms with E-state index >= 15 is 0 Å². The van der Waals surface area contributed by atoms with Crippen LogP contribution in [-0.2, 0) is 0 Å². The maximum absolute atomic E-state index is 6.33.